The minimum absolute atomic E-state index is 0. The first kappa shape index (κ1) is 40.4. The smallest absolute Gasteiger partial charge is 0.00735 e. The molecule has 0 radical (unpaired) electrons. The zero-order valence-corrected chi connectivity index (χ0v) is 21.2. The van der Waals surface area contributed by atoms with Crippen molar-refractivity contribution in [1.29, 1.82) is 0 Å². The fourth-order valence-corrected chi connectivity index (χ4v) is 5.21. The molecule has 0 saturated carbocycles. The Morgan fingerprint density at radius 3 is 1.05 bits per heavy atom. The van der Waals surface area contributed by atoms with Crippen molar-refractivity contribution < 1.29 is 0 Å². The highest BCUT2D eigenvalue weighted by Gasteiger charge is 2.25. The van der Waals surface area contributed by atoms with Gasteiger partial charge in [0.15, 0.2) is 0 Å². The monoisotopic (exact) mass is 528 g/mol. The van der Waals surface area contributed by atoms with Gasteiger partial charge in [-0.2, -0.15) is 0 Å². The van der Waals surface area contributed by atoms with E-state index >= 15 is 0 Å². The van der Waals surface area contributed by atoms with Crippen LogP contribution in [0.25, 0.3) is 22.3 Å². The van der Waals surface area contributed by atoms with E-state index in [0.717, 1.165) is 6.42 Å². The summed E-state index contributed by atoms with van der Waals surface area (Å²) in [4.78, 5) is 0. The molecule has 4 aromatic rings. The van der Waals surface area contributed by atoms with Crippen LogP contribution in [-0.2, 0) is 6.42 Å². The fraction of sp³-hybridized carbons (Fsp3) is 0.385. The topological polar surface area (TPSA) is 0 Å². The normalized spacial score (nSPS) is 10.5. The molecule has 39 heavy (non-hydrogen) atoms. The molecule has 0 heterocycles. The molecule has 6 rings (SSSR count). The van der Waals surface area contributed by atoms with E-state index in [9.17, 15) is 0 Å². The van der Waals surface area contributed by atoms with Crippen molar-refractivity contribution >= 4 is 0 Å². The standard InChI is InChI=1S/C16H16.C15H14.C2H6.6CH4/c1-10-4-6-13-14-7-5-11(2)9-16(14)12(3)15(13)8-10;1-10-3-5-14-12(7-10)9-13-8-11(2)4-6-15(13)14;1-2;;;;;;/h4-9,12H,1-3H3;3-8H,9H2,1-2H3;1-2H3;6*1H4. The highest BCUT2D eigenvalue weighted by Crippen LogP contribution is 2.45. The highest BCUT2D eigenvalue weighted by atomic mass is 14.3. The van der Waals surface area contributed by atoms with E-state index in [2.05, 4.69) is 107 Å². The van der Waals surface area contributed by atoms with Crippen LogP contribution in [0.5, 0.6) is 0 Å². The minimum atomic E-state index is 0. The van der Waals surface area contributed by atoms with Gasteiger partial charge < -0.3 is 0 Å². The van der Waals surface area contributed by atoms with Crippen LogP contribution in [0.4, 0.5) is 0 Å². The molecule has 0 aliphatic heterocycles. The molecular weight excluding hydrogens is 468 g/mol. The van der Waals surface area contributed by atoms with E-state index < -0.39 is 0 Å². The molecule has 0 bridgehead atoms. The molecule has 0 unspecified atom stereocenters. The van der Waals surface area contributed by atoms with Crippen molar-refractivity contribution in [2.24, 2.45) is 0 Å². The van der Waals surface area contributed by atoms with Gasteiger partial charge in [0, 0.05) is 5.92 Å². The lowest BCUT2D eigenvalue weighted by Gasteiger charge is -2.07. The molecule has 0 spiro atoms. The molecule has 0 N–H and O–H groups in total. The lowest BCUT2D eigenvalue weighted by Crippen LogP contribution is -1.90. The summed E-state index contributed by atoms with van der Waals surface area (Å²) in [7, 11) is 0. The van der Waals surface area contributed by atoms with Gasteiger partial charge in [-0.3, -0.25) is 0 Å². The number of fused-ring (bicyclic) bond motifs is 6. The maximum atomic E-state index is 2.33. The number of rotatable bonds is 0. The molecule has 4 aromatic carbocycles. The van der Waals surface area contributed by atoms with Crippen molar-refractivity contribution in [2.75, 3.05) is 0 Å². The summed E-state index contributed by atoms with van der Waals surface area (Å²) in [5.74, 6) is 0.546. The summed E-state index contributed by atoms with van der Waals surface area (Å²) in [6.07, 6.45) is 1.11. The lowest BCUT2D eigenvalue weighted by molar-refractivity contribution is 0.952. The lowest BCUT2D eigenvalue weighted by atomic mass is 9.97. The van der Waals surface area contributed by atoms with Gasteiger partial charge in [-0.05, 0) is 78.6 Å². The summed E-state index contributed by atoms with van der Waals surface area (Å²) < 4.78 is 0. The molecular formula is C39H60. The van der Waals surface area contributed by atoms with Crippen LogP contribution in [0.3, 0.4) is 0 Å². The van der Waals surface area contributed by atoms with Crippen molar-refractivity contribution in [3.05, 3.63) is 117 Å². The number of aryl methyl sites for hydroxylation is 4. The second-order valence-corrected chi connectivity index (χ2v) is 9.40. The van der Waals surface area contributed by atoms with E-state index in [0.29, 0.717) is 5.92 Å². The molecule has 0 amide bonds. The largest absolute Gasteiger partial charge is 0.0776 e. The number of benzene rings is 4. The third-order valence-electron chi connectivity index (χ3n) is 6.83. The van der Waals surface area contributed by atoms with Gasteiger partial charge in [0.05, 0.1) is 0 Å². The summed E-state index contributed by atoms with van der Waals surface area (Å²) >= 11 is 0. The SMILES string of the molecule is C.C.C.C.C.C.CC.Cc1ccc2c(c1)C(C)c1cc(C)ccc1-2.Cc1ccc2c(c1)Cc1cc(C)ccc1-2. The Morgan fingerprint density at radius 1 is 0.436 bits per heavy atom. The second kappa shape index (κ2) is 16.8. The Balaban J connectivity index is -0.000000546. The van der Waals surface area contributed by atoms with E-state index in [1.165, 1.54) is 66.8 Å². The molecule has 0 atom stereocenters. The minimum Gasteiger partial charge on any atom is -0.0776 e. The second-order valence-electron chi connectivity index (χ2n) is 9.40. The van der Waals surface area contributed by atoms with E-state index in [1.807, 2.05) is 13.8 Å². The third kappa shape index (κ3) is 7.95. The van der Waals surface area contributed by atoms with Gasteiger partial charge >= 0.3 is 0 Å². The molecule has 2 aliphatic carbocycles. The number of hydrogen-bond acceptors (Lipinski definition) is 0. The Kier molecular flexibility index (Phi) is 17.3. The zero-order valence-electron chi connectivity index (χ0n) is 21.2. The zero-order chi connectivity index (χ0) is 23.7. The molecule has 0 fully saturated rings. The summed E-state index contributed by atoms with van der Waals surface area (Å²) in [5, 5.41) is 0. The van der Waals surface area contributed by atoms with Crippen molar-refractivity contribution in [1.82, 2.24) is 0 Å². The first-order valence-electron chi connectivity index (χ1n) is 12.3. The maximum Gasteiger partial charge on any atom is 0.00735 e. The molecule has 0 aromatic heterocycles. The maximum absolute atomic E-state index is 2.33. The van der Waals surface area contributed by atoms with Crippen molar-refractivity contribution in [3.8, 4) is 22.3 Å². The Hall–Kier alpha value is -3.12. The predicted octanol–water partition coefficient (Wildman–Crippen LogP) is 13.2. The molecule has 0 nitrogen and oxygen atoms in total. The van der Waals surface area contributed by atoms with Crippen molar-refractivity contribution in [3.63, 3.8) is 0 Å². The number of hydrogen-bond donors (Lipinski definition) is 0. The van der Waals surface area contributed by atoms with E-state index in [1.54, 1.807) is 0 Å². The predicted molar refractivity (Wildman–Crippen MR) is 185 cm³/mol. The average Bonchev–Trinajstić information content (AvgIpc) is 3.29. The van der Waals surface area contributed by atoms with Gasteiger partial charge in [-0.1, -0.05) is 160 Å². The summed E-state index contributed by atoms with van der Waals surface area (Å²) in [6.45, 7) is 15.0. The van der Waals surface area contributed by atoms with Gasteiger partial charge in [0.2, 0.25) is 0 Å². The van der Waals surface area contributed by atoms with E-state index in [4.69, 9.17) is 0 Å². The average molecular weight is 529 g/mol. The fourth-order valence-electron chi connectivity index (χ4n) is 5.21. The van der Waals surface area contributed by atoms with Gasteiger partial charge in [0.25, 0.3) is 0 Å². The Morgan fingerprint density at radius 2 is 0.718 bits per heavy atom. The first-order chi connectivity index (χ1) is 15.9. The molecule has 216 valence electrons. The van der Waals surface area contributed by atoms with Gasteiger partial charge in [0.1, 0.15) is 0 Å². The first-order valence-corrected chi connectivity index (χ1v) is 12.3. The summed E-state index contributed by atoms with van der Waals surface area (Å²) in [5.41, 5.74) is 17.1. The molecule has 0 saturated heterocycles. The van der Waals surface area contributed by atoms with Crippen LogP contribution in [0.15, 0.2) is 72.8 Å². The Bertz CT molecular complexity index is 1200. The third-order valence-corrected chi connectivity index (χ3v) is 6.83. The van der Waals surface area contributed by atoms with Crippen LogP contribution in [0.1, 0.15) is 116 Å². The van der Waals surface area contributed by atoms with Gasteiger partial charge in [-0.15, -0.1) is 0 Å². The van der Waals surface area contributed by atoms with Crippen molar-refractivity contribution in [2.45, 2.75) is 105 Å². The molecule has 0 heteroatoms. The van der Waals surface area contributed by atoms with E-state index in [-0.39, 0.29) is 44.6 Å². The Labute approximate surface area is 244 Å². The highest BCUT2D eigenvalue weighted by molar-refractivity contribution is 5.79. The quantitative estimate of drug-likeness (QED) is 0.187. The summed E-state index contributed by atoms with van der Waals surface area (Å²) in [6, 6.07) is 27.1. The van der Waals surface area contributed by atoms with Crippen LogP contribution in [-0.4, -0.2) is 0 Å². The van der Waals surface area contributed by atoms with Crippen LogP contribution in [0.2, 0.25) is 0 Å². The molecule has 2 aliphatic rings. The van der Waals surface area contributed by atoms with Crippen LogP contribution >= 0.6 is 0 Å². The van der Waals surface area contributed by atoms with Crippen LogP contribution in [0, 0.1) is 27.7 Å². The van der Waals surface area contributed by atoms with Gasteiger partial charge in [-0.25, -0.2) is 0 Å². The van der Waals surface area contributed by atoms with Crippen LogP contribution < -0.4 is 0 Å².